The lowest BCUT2D eigenvalue weighted by Crippen LogP contribution is -2.46. The van der Waals surface area contributed by atoms with Gasteiger partial charge in [-0.2, -0.15) is 0 Å². The molecule has 6 heteroatoms. The summed E-state index contributed by atoms with van der Waals surface area (Å²) in [4.78, 5) is 22.4. The summed E-state index contributed by atoms with van der Waals surface area (Å²) in [6, 6.07) is -0.565. The third-order valence-corrected chi connectivity index (χ3v) is 2.10. The maximum atomic E-state index is 11.3. The van der Waals surface area contributed by atoms with Crippen molar-refractivity contribution < 1.29 is 14.3 Å². The molecule has 0 fully saturated rings. The largest absolute Gasteiger partial charge is 0.383 e. The Bertz CT molecular complexity index is 218. The van der Waals surface area contributed by atoms with Crippen LogP contribution in [0.25, 0.3) is 0 Å². The minimum Gasteiger partial charge on any atom is -0.383 e. The van der Waals surface area contributed by atoms with E-state index in [9.17, 15) is 9.59 Å². The molecule has 0 radical (unpaired) electrons. The fourth-order valence-corrected chi connectivity index (χ4v) is 1.41. The molecule has 0 aliphatic carbocycles. The Morgan fingerprint density at radius 2 is 2.12 bits per heavy atom. The van der Waals surface area contributed by atoms with Gasteiger partial charge in [-0.05, 0) is 6.42 Å². The van der Waals surface area contributed by atoms with Crippen LogP contribution in [-0.4, -0.2) is 37.6 Å². The molecule has 0 aliphatic heterocycles. The minimum atomic E-state index is -0.495. The van der Waals surface area contributed by atoms with Gasteiger partial charge < -0.3 is 10.1 Å². The molecule has 0 aliphatic rings. The maximum absolute atomic E-state index is 11.3. The molecule has 1 atom stereocenters. The summed E-state index contributed by atoms with van der Waals surface area (Å²) < 4.78 is 4.96. The van der Waals surface area contributed by atoms with Gasteiger partial charge in [-0.1, -0.05) is 13.3 Å². The van der Waals surface area contributed by atoms with Gasteiger partial charge in [-0.25, -0.2) is 4.79 Å². The fraction of sp³-hybridized carbons (Fsp3) is 0.800. The molecule has 3 amide bonds. The number of hydrogen-bond acceptors (Lipinski definition) is 3. The molecule has 16 heavy (non-hydrogen) atoms. The van der Waals surface area contributed by atoms with Crippen molar-refractivity contribution in [2.45, 2.75) is 32.2 Å². The van der Waals surface area contributed by atoms with Crippen molar-refractivity contribution in [1.82, 2.24) is 10.6 Å². The van der Waals surface area contributed by atoms with Gasteiger partial charge in [0.1, 0.15) is 0 Å². The molecule has 0 saturated heterocycles. The van der Waals surface area contributed by atoms with Crippen molar-refractivity contribution in [1.29, 1.82) is 0 Å². The van der Waals surface area contributed by atoms with Crippen LogP contribution >= 0.6 is 11.6 Å². The van der Waals surface area contributed by atoms with Gasteiger partial charge in [-0.3, -0.25) is 10.1 Å². The molecule has 0 aromatic rings. The summed E-state index contributed by atoms with van der Waals surface area (Å²) in [6.45, 7) is 2.45. The number of rotatable bonds is 7. The van der Waals surface area contributed by atoms with Crippen LogP contribution in [0.15, 0.2) is 0 Å². The van der Waals surface area contributed by atoms with Gasteiger partial charge in [-0.15, -0.1) is 11.6 Å². The molecule has 0 aromatic heterocycles. The number of imide groups is 1. The van der Waals surface area contributed by atoms with Crippen molar-refractivity contribution in [3.05, 3.63) is 0 Å². The highest BCUT2D eigenvalue weighted by atomic mass is 35.5. The summed E-state index contributed by atoms with van der Waals surface area (Å²) in [5, 5.41) is 4.87. The van der Waals surface area contributed by atoms with E-state index >= 15 is 0 Å². The molecule has 0 aromatic carbocycles. The molecule has 94 valence electrons. The first kappa shape index (κ1) is 15.2. The molecule has 0 bridgehead atoms. The number of carbonyl (C=O) groups is 2. The second kappa shape index (κ2) is 9.42. The van der Waals surface area contributed by atoms with E-state index in [1.54, 1.807) is 7.11 Å². The Kier molecular flexibility index (Phi) is 8.94. The number of nitrogens with one attached hydrogen (secondary N) is 2. The lowest BCUT2D eigenvalue weighted by Gasteiger charge is -2.16. The zero-order chi connectivity index (χ0) is 12.4. The molecule has 0 heterocycles. The lowest BCUT2D eigenvalue weighted by atomic mass is 10.2. The Hall–Kier alpha value is -0.810. The van der Waals surface area contributed by atoms with E-state index in [4.69, 9.17) is 16.3 Å². The number of halogens is 1. The van der Waals surface area contributed by atoms with Gasteiger partial charge in [0.15, 0.2) is 0 Å². The quantitative estimate of drug-likeness (QED) is 0.669. The van der Waals surface area contributed by atoms with Gasteiger partial charge in [0.25, 0.3) is 0 Å². The fourth-order valence-electron chi connectivity index (χ4n) is 1.24. The molecule has 0 rings (SSSR count). The van der Waals surface area contributed by atoms with Gasteiger partial charge in [0, 0.05) is 19.4 Å². The minimum absolute atomic E-state index is 0.0706. The normalized spacial score (nSPS) is 11.9. The number of hydrogen-bond donors (Lipinski definition) is 2. The monoisotopic (exact) mass is 250 g/mol. The maximum Gasteiger partial charge on any atom is 0.321 e. The number of urea groups is 1. The van der Waals surface area contributed by atoms with E-state index < -0.39 is 6.03 Å². The van der Waals surface area contributed by atoms with Crippen LogP contribution in [0.2, 0.25) is 0 Å². The van der Waals surface area contributed by atoms with Crippen LogP contribution < -0.4 is 10.6 Å². The highest BCUT2D eigenvalue weighted by Crippen LogP contribution is 1.96. The topological polar surface area (TPSA) is 67.4 Å². The highest BCUT2D eigenvalue weighted by molar-refractivity contribution is 6.19. The summed E-state index contributed by atoms with van der Waals surface area (Å²) in [5.41, 5.74) is 0. The number of carbonyl (C=O) groups excluding carboxylic acids is 2. The summed E-state index contributed by atoms with van der Waals surface area (Å²) in [6.07, 6.45) is 1.88. The first-order valence-electron chi connectivity index (χ1n) is 5.29. The zero-order valence-electron chi connectivity index (χ0n) is 9.72. The molecule has 2 N–H and O–H groups in total. The van der Waals surface area contributed by atoms with Crippen LogP contribution in [0.5, 0.6) is 0 Å². The van der Waals surface area contributed by atoms with E-state index in [1.165, 1.54) is 0 Å². The Labute approximate surface area is 101 Å². The predicted octanol–water partition coefficient (Wildman–Crippen LogP) is 1.26. The summed E-state index contributed by atoms with van der Waals surface area (Å²) in [7, 11) is 1.57. The first-order valence-corrected chi connectivity index (χ1v) is 5.82. The van der Waals surface area contributed by atoms with Crippen LogP contribution in [0, 0.1) is 0 Å². The van der Waals surface area contributed by atoms with Crippen LogP contribution in [-0.2, 0) is 9.53 Å². The van der Waals surface area contributed by atoms with E-state index in [-0.39, 0.29) is 24.2 Å². The first-order chi connectivity index (χ1) is 7.63. The lowest BCUT2D eigenvalue weighted by molar-refractivity contribution is -0.119. The number of methoxy groups -OCH3 is 1. The zero-order valence-corrected chi connectivity index (χ0v) is 10.5. The highest BCUT2D eigenvalue weighted by Gasteiger charge is 2.12. The van der Waals surface area contributed by atoms with Crippen LogP contribution in [0.4, 0.5) is 4.79 Å². The van der Waals surface area contributed by atoms with Crippen molar-refractivity contribution in [3.63, 3.8) is 0 Å². The molecule has 0 saturated carbocycles. The number of alkyl halides is 1. The smallest absolute Gasteiger partial charge is 0.321 e. The molecule has 5 nitrogen and oxygen atoms in total. The molecular weight excluding hydrogens is 232 g/mol. The van der Waals surface area contributed by atoms with Crippen molar-refractivity contribution in [2.24, 2.45) is 0 Å². The predicted molar refractivity (Wildman–Crippen MR) is 62.6 cm³/mol. The van der Waals surface area contributed by atoms with Gasteiger partial charge in [0.2, 0.25) is 5.91 Å². The van der Waals surface area contributed by atoms with Crippen molar-refractivity contribution >= 4 is 23.5 Å². The van der Waals surface area contributed by atoms with E-state index in [0.717, 1.165) is 12.8 Å². The number of amides is 3. The Morgan fingerprint density at radius 1 is 1.44 bits per heavy atom. The Morgan fingerprint density at radius 3 is 2.62 bits per heavy atom. The molecule has 0 spiro atoms. The third-order valence-electron chi connectivity index (χ3n) is 1.91. The molecular formula is C10H19ClN2O3. The second-order valence-electron chi connectivity index (χ2n) is 3.40. The van der Waals surface area contributed by atoms with Crippen molar-refractivity contribution in [2.75, 3.05) is 19.6 Å². The average molecular weight is 251 g/mol. The van der Waals surface area contributed by atoms with Gasteiger partial charge in [0.05, 0.1) is 12.6 Å². The standard InChI is InChI=1S/C10H19ClN2O3/c1-3-4-8(7-16-2)12-10(15)13-9(14)5-6-11/h8H,3-7H2,1-2H3,(H2,12,13,14,15). The average Bonchev–Trinajstić information content (AvgIpc) is 2.18. The number of ether oxygens (including phenoxy) is 1. The van der Waals surface area contributed by atoms with Crippen LogP contribution in [0.1, 0.15) is 26.2 Å². The van der Waals surface area contributed by atoms with Gasteiger partial charge >= 0.3 is 6.03 Å². The van der Waals surface area contributed by atoms with Crippen LogP contribution in [0.3, 0.4) is 0 Å². The van der Waals surface area contributed by atoms with E-state index in [2.05, 4.69) is 10.6 Å². The Balaban J connectivity index is 3.93. The second-order valence-corrected chi connectivity index (χ2v) is 3.78. The summed E-state index contributed by atoms with van der Waals surface area (Å²) >= 11 is 5.37. The van der Waals surface area contributed by atoms with Crippen molar-refractivity contribution in [3.8, 4) is 0 Å². The SMILES string of the molecule is CCCC(COC)NC(=O)NC(=O)CCCl. The van der Waals surface area contributed by atoms with E-state index in [1.807, 2.05) is 6.92 Å². The summed E-state index contributed by atoms with van der Waals surface area (Å²) in [5.74, 6) is -0.171. The molecule has 1 unspecified atom stereocenters. The van der Waals surface area contributed by atoms with E-state index in [0.29, 0.717) is 6.61 Å². The third kappa shape index (κ3) is 7.48.